The van der Waals surface area contributed by atoms with Crippen LogP contribution in [0.4, 0.5) is 5.69 Å². The van der Waals surface area contributed by atoms with Gasteiger partial charge in [0.2, 0.25) is 5.91 Å². The average molecular weight is 334 g/mol. The van der Waals surface area contributed by atoms with Crippen molar-refractivity contribution >= 4 is 22.4 Å². The van der Waals surface area contributed by atoms with Gasteiger partial charge in [0.05, 0.1) is 13.2 Å². The summed E-state index contributed by atoms with van der Waals surface area (Å²) >= 11 is 0. The zero-order chi connectivity index (χ0) is 17.6. The Hall–Kier alpha value is -2.85. The van der Waals surface area contributed by atoms with Crippen LogP contribution in [0.2, 0.25) is 0 Å². The van der Waals surface area contributed by atoms with Crippen LogP contribution in [0, 0.1) is 0 Å². The van der Waals surface area contributed by atoms with E-state index in [4.69, 9.17) is 4.74 Å². The van der Waals surface area contributed by atoms with E-state index in [0.29, 0.717) is 6.54 Å². The van der Waals surface area contributed by atoms with Gasteiger partial charge in [0.25, 0.3) is 0 Å². The molecule has 0 aliphatic heterocycles. The summed E-state index contributed by atoms with van der Waals surface area (Å²) in [6, 6.07) is 21.4. The molecule has 0 fully saturated rings. The average Bonchev–Trinajstić information content (AvgIpc) is 2.66. The first-order valence-corrected chi connectivity index (χ1v) is 8.32. The zero-order valence-corrected chi connectivity index (χ0v) is 14.5. The van der Waals surface area contributed by atoms with Crippen LogP contribution >= 0.6 is 0 Å². The molecule has 3 aromatic carbocycles. The Bertz CT molecular complexity index is 854. The van der Waals surface area contributed by atoms with Crippen molar-refractivity contribution in [1.29, 1.82) is 0 Å². The maximum Gasteiger partial charge on any atom is 0.241 e. The van der Waals surface area contributed by atoms with Gasteiger partial charge in [-0.25, -0.2) is 0 Å². The minimum absolute atomic E-state index is 0.0511. The number of methoxy groups -OCH3 is 1. The number of carbonyl (C=O) groups is 1. The van der Waals surface area contributed by atoms with E-state index < -0.39 is 0 Å². The molecule has 0 spiro atoms. The van der Waals surface area contributed by atoms with Crippen LogP contribution in [-0.4, -0.2) is 19.1 Å². The normalized spacial score (nSPS) is 11.9. The number of hydrogen-bond donors (Lipinski definition) is 2. The van der Waals surface area contributed by atoms with E-state index >= 15 is 0 Å². The Kier molecular flexibility index (Phi) is 5.31. The highest BCUT2D eigenvalue weighted by molar-refractivity contribution is 6.03. The molecule has 2 N–H and O–H groups in total. The number of anilines is 1. The summed E-state index contributed by atoms with van der Waals surface area (Å²) in [6.07, 6.45) is 0. The number of nitrogens with one attached hydrogen (secondary N) is 2. The Morgan fingerprint density at radius 1 is 1.00 bits per heavy atom. The summed E-state index contributed by atoms with van der Waals surface area (Å²) in [4.78, 5) is 12.5. The summed E-state index contributed by atoms with van der Waals surface area (Å²) in [6.45, 7) is 2.48. The first-order valence-electron chi connectivity index (χ1n) is 8.32. The number of fused-ring (bicyclic) bond motifs is 1. The maximum absolute atomic E-state index is 12.5. The third-order valence-corrected chi connectivity index (χ3v) is 4.21. The van der Waals surface area contributed by atoms with Gasteiger partial charge in [0, 0.05) is 17.6 Å². The molecule has 128 valence electrons. The van der Waals surface area contributed by atoms with Gasteiger partial charge in [-0.2, -0.15) is 0 Å². The largest absolute Gasteiger partial charge is 0.497 e. The zero-order valence-electron chi connectivity index (χ0n) is 14.5. The number of hydrogen-bond acceptors (Lipinski definition) is 3. The highest BCUT2D eigenvalue weighted by Gasteiger charge is 2.13. The topological polar surface area (TPSA) is 50.4 Å². The molecule has 0 radical (unpaired) electrons. The van der Waals surface area contributed by atoms with Crippen LogP contribution in [0.3, 0.4) is 0 Å². The molecule has 0 saturated carbocycles. The molecule has 0 unspecified atom stereocenters. The second-order valence-electron chi connectivity index (χ2n) is 5.97. The molecule has 4 heteroatoms. The van der Waals surface area contributed by atoms with Crippen LogP contribution in [0.1, 0.15) is 12.5 Å². The van der Waals surface area contributed by atoms with Gasteiger partial charge in [0.15, 0.2) is 0 Å². The molecule has 4 nitrogen and oxygen atoms in total. The summed E-state index contributed by atoms with van der Waals surface area (Å²) in [5, 5.41) is 8.42. The summed E-state index contributed by atoms with van der Waals surface area (Å²) < 4.78 is 5.15. The van der Waals surface area contributed by atoms with Crippen molar-refractivity contribution in [2.24, 2.45) is 0 Å². The summed E-state index contributed by atoms with van der Waals surface area (Å²) in [7, 11) is 1.65. The van der Waals surface area contributed by atoms with Gasteiger partial charge >= 0.3 is 0 Å². The van der Waals surface area contributed by atoms with Crippen LogP contribution in [0.5, 0.6) is 5.75 Å². The van der Waals surface area contributed by atoms with Crippen molar-refractivity contribution in [3.63, 3.8) is 0 Å². The highest BCUT2D eigenvalue weighted by Crippen LogP contribution is 2.23. The molecule has 0 aromatic heterocycles. The van der Waals surface area contributed by atoms with Crippen molar-refractivity contribution < 1.29 is 9.53 Å². The van der Waals surface area contributed by atoms with Gasteiger partial charge in [-0.1, -0.05) is 48.5 Å². The van der Waals surface area contributed by atoms with E-state index in [1.165, 1.54) is 0 Å². The van der Waals surface area contributed by atoms with Crippen molar-refractivity contribution in [2.75, 3.05) is 12.4 Å². The van der Waals surface area contributed by atoms with E-state index in [0.717, 1.165) is 27.8 Å². The third-order valence-electron chi connectivity index (χ3n) is 4.21. The van der Waals surface area contributed by atoms with E-state index in [-0.39, 0.29) is 11.9 Å². The van der Waals surface area contributed by atoms with Gasteiger partial charge < -0.3 is 15.4 Å². The first kappa shape index (κ1) is 17.0. The lowest BCUT2D eigenvalue weighted by atomic mass is 10.1. The Labute approximate surface area is 147 Å². The smallest absolute Gasteiger partial charge is 0.241 e. The highest BCUT2D eigenvalue weighted by atomic mass is 16.5. The van der Waals surface area contributed by atoms with Crippen LogP contribution in [-0.2, 0) is 11.3 Å². The number of amides is 1. The molecule has 1 amide bonds. The predicted octanol–water partition coefficient (Wildman–Crippen LogP) is 3.97. The number of ether oxygens (including phenoxy) is 1. The summed E-state index contributed by atoms with van der Waals surface area (Å²) in [5.41, 5.74) is 1.94. The molecular weight excluding hydrogens is 312 g/mol. The lowest BCUT2D eigenvalue weighted by Crippen LogP contribution is -2.37. The fourth-order valence-corrected chi connectivity index (χ4v) is 2.68. The van der Waals surface area contributed by atoms with Crippen LogP contribution in [0.25, 0.3) is 10.8 Å². The first-order chi connectivity index (χ1) is 12.2. The van der Waals surface area contributed by atoms with Crippen LogP contribution < -0.4 is 15.4 Å². The second-order valence-corrected chi connectivity index (χ2v) is 5.97. The molecule has 3 aromatic rings. The number of carbonyl (C=O) groups excluding carboxylic acids is 1. The Morgan fingerprint density at radius 3 is 2.48 bits per heavy atom. The van der Waals surface area contributed by atoms with E-state index in [2.05, 4.69) is 10.6 Å². The molecule has 3 rings (SSSR count). The molecule has 0 saturated heterocycles. The molecule has 0 heterocycles. The minimum atomic E-state index is -0.305. The van der Waals surface area contributed by atoms with Gasteiger partial charge in [-0.15, -0.1) is 0 Å². The lowest BCUT2D eigenvalue weighted by Gasteiger charge is -2.15. The van der Waals surface area contributed by atoms with Gasteiger partial charge in [-0.3, -0.25) is 4.79 Å². The molecule has 25 heavy (non-hydrogen) atoms. The monoisotopic (exact) mass is 334 g/mol. The Morgan fingerprint density at radius 2 is 1.72 bits per heavy atom. The number of benzene rings is 3. The fourth-order valence-electron chi connectivity index (χ4n) is 2.68. The lowest BCUT2D eigenvalue weighted by molar-refractivity contribution is -0.117. The number of rotatable bonds is 6. The van der Waals surface area contributed by atoms with Crippen molar-refractivity contribution in [3.8, 4) is 5.75 Å². The predicted molar refractivity (Wildman–Crippen MR) is 102 cm³/mol. The molecular formula is C21H22N2O2. The second kappa shape index (κ2) is 7.81. The molecule has 0 aliphatic rings. The molecule has 1 atom stereocenters. The molecule has 0 bridgehead atoms. The van der Waals surface area contributed by atoms with E-state index in [1.807, 2.05) is 73.7 Å². The standard InChI is InChI=1S/C21H22N2O2/c1-15(22-14-16-10-12-18(25-2)13-11-16)21(24)23-20-9-5-7-17-6-3-4-8-19(17)20/h3-13,15,22H,14H2,1-2H3,(H,23,24)/t15-/m0/s1. The van der Waals surface area contributed by atoms with Crippen molar-refractivity contribution in [2.45, 2.75) is 19.5 Å². The minimum Gasteiger partial charge on any atom is -0.497 e. The molecule has 0 aliphatic carbocycles. The fraction of sp³-hybridized carbons (Fsp3) is 0.190. The van der Waals surface area contributed by atoms with Gasteiger partial charge in [0.1, 0.15) is 5.75 Å². The Balaban J connectivity index is 1.62. The summed E-state index contributed by atoms with van der Waals surface area (Å²) in [5.74, 6) is 0.773. The maximum atomic E-state index is 12.5. The third kappa shape index (κ3) is 4.17. The van der Waals surface area contributed by atoms with Gasteiger partial charge in [-0.05, 0) is 36.1 Å². The van der Waals surface area contributed by atoms with Crippen molar-refractivity contribution in [1.82, 2.24) is 5.32 Å². The SMILES string of the molecule is COc1ccc(CN[C@@H](C)C(=O)Nc2cccc3ccccc23)cc1. The van der Waals surface area contributed by atoms with Crippen molar-refractivity contribution in [3.05, 3.63) is 72.3 Å². The van der Waals surface area contributed by atoms with Crippen LogP contribution in [0.15, 0.2) is 66.7 Å². The quantitative estimate of drug-likeness (QED) is 0.717. The van der Waals surface area contributed by atoms with E-state index in [9.17, 15) is 4.79 Å². The van der Waals surface area contributed by atoms with E-state index in [1.54, 1.807) is 7.11 Å².